The second-order valence-electron chi connectivity index (χ2n) is 4.21. The number of amides is 1. The minimum atomic E-state index is -3.57. The van der Waals surface area contributed by atoms with Crippen molar-refractivity contribution < 1.29 is 28.2 Å². The molecular weight excluding hydrogens is 250 g/mol. The second-order valence-corrected chi connectivity index (χ2v) is 6.57. The molecule has 3 atom stereocenters. The lowest BCUT2D eigenvalue weighted by Crippen LogP contribution is -2.46. The first-order chi connectivity index (χ1) is 7.64. The van der Waals surface area contributed by atoms with E-state index in [0.29, 0.717) is 0 Å². The maximum absolute atomic E-state index is 11.8. The number of aliphatic carboxylic acids is 1. The van der Waals surface area contributed by atoms with E-state index in [9.17, 15) is 23.1 Å². The minimum absolute atomic E-state index is 0.0719. The summed E-state index contributed by atoms with van der Waals surface area (Å²) in [6.07, 6.45) is -0.0816. The molecule has 1 rings (SSSR count). The Morgan fingerprint density at radius 2 is 1.94 bits per heavy atom. The summed E-state index contributed by atoms with van der Waals surface area (Å²) in [6.45, 7) is 1.07. The number of rotatable bonds is 3. The minimum Gasteiger partial charge on any atom is -0.480 e. The molecule has 0 aromatic heterocycles. The van der Waals surface area contributed by atoms with Gasteiger partial charge in [-0.1, -0.05) is 0 Å². The van der Waals surface area contributed by atoms with Gasteiger partial charge in [0.25, 0.3) is 0 Å². The largest absolute Gasteiger partial charge is 0.480 e. The van der Waals surface area contributed by atoms with Crippen LogP contribution in [0, 0.1) is 0 Å². The fraction of sp³-hybridized carbons (Fsp3) is 0.778. The number of likely N-dealkylation sites (tertiary alicyclic amines) is 1. The summed E-state index contributed by atoms with van der Waals surface area (Å²) in [6, 6.07) is -1.15. The Bertz CT molecular complexity index is 431. The van der Waals surface area contributed by atoms with Crippen LogP contribution >= 0.6 is 0 Å². The number of hydrogen-bond donors (Lipinski definition) is 2. The van der Waals surface area contributed by atoms with Crippen molar-refractivity contribution in [3.05, 3.63) is 0 Å². The SMILES string of the molecule is CC(C(=O)N1C[C@H](O)C[C@H]1C(=O)O)S(C)(=O)=O. The van der Waals surface area contributed by atoms with Crippen molar-refractivity contribution >= 4 is 21.7 Å². The molecule has 1 fully saturated rings. The predicted molar refractivity (Wildman–Crippen MR) is 58.1 cm³/mol. The Hall–Kier alpha value is -1.15. The van der Waals surface area contributed by atoms with Crippen LogP contribution in [0.2, 0.25) is 0 Å². The molecule has 1 aliphatic heterocycles. The maximum atomic E-state index is 11.8. The molecule has 0 aliphatic carbocycles. The topological polar surface area (TPSA) is 112 Å². The molecule has 1 heterocycles. The molecule has 0 aromatic carbocycles. The van der Waals surface area contributed by atoms with Gasteiger partial charge in [0.1, 0.15) is 11.3 Å². The fourth-order valence-corrected chi connectivity index (χ4v) is 2.21. The van der Waals surface area contributed by atoms with Crippen molar-refractivity contribution in [3.63, 3.8) is 0 Å². The van der Waals surface area contributed by atoms with Crippen LogP contribution in [0.1, 0.15) is 13.3 Å². The first-order valence-electron chi connectivity index (χ1n) is 5.04. The van der Waals surface area contributed by atoms with Crippen LogP contribution in [0.25, 0.3) is 0 Å². The summed E-state index contributed by atoms with van der Waals surface area (Å²) in [7, 11) is -3.57. The number of carboxylic acid groups (broad SMARTS) is 1. The molecule has 7 nitrogen and oxygen atoms in total. The molecule has 0 radical (unpaired) electrons. The van der Waals surface area contributed by atoms with Gasteiger partial charge in [-0.2, -0.15) is 0 Å². The van der Waals surface area contributed by atoms with Crippen molar-refractivity contribution in [2.24, 2.45) is 0 Å². The first kappa shape index (κ1) is 13.9. The summed E-state index contributed by atoms with van der Waals surface area (Å²) in [5.41, 5.74) is 0. The standard InChI is InChI=1S/C9H15NO6S/c1-5(17(2,15)16)8(12)10-4-6(11)3-7(10)9(13)14/h5-7,11H,3-4H2,1-2H3,(H,13,14)/t5?,6-,7+/m1/s1. The lowest BCUT2D eigenvalue weighted by Gasteiger charge is -2.23. The summed E-state index contributed by atoms with van der Waals surface area (Å²) in [5, 5.41) is 16.9. The second kappa shape index (κ2) is 4.61. The Balaban J connectivity index is 2.92. The van der Waals surface area contributed by atoms with E-state index in [1.165, 1.54) is 6.92 Å². The van der Waals surface area contributed by atoms with E-state index in [4.69, 9.17) is 5.11 Å². The lowest BCUT2D eigenvalue weighted by molar-refractivity contribution is -0.147. The van der Waals surface area contributed by atoms with Crippen LogP contribution in [0.5, 0.6) is 0 Å². The van der Waals surface area contributed by atoms with E-state index in [-0.39, 0.29) is 13.0 Å². The van der Waals surface area contributed by atoms with Gasteiger partial charge in [-0.3, -0.25) is 4.79 Å². The predicted octanol–water partition coefficient (Wildman–Crippen LogP) is -1.53. The number of carboxylic acids is 1. The van der Waals surface area contributed by atoms with Crippen molar-refractivity contribution in [3.8, 4) is 0 Å². The average Bonchev–Trinajstić information content (AvgIpc) is 2.56. The highest BCUT2D eigenvalue weighted by Crippen LogP contribution is 2.20. The highest BCUT2D eigenvalue weighted by atomic mass is 32.2. The molecule has 1 saturated heterocycles. The van der Waals surface area contributed by atoms with Crippen molar-refractivity contribution in [2.45, 2.75) is 30.7 Å². The zero-order valence-corrected chi connectivity index (χ0v) is 10.3. The molecule has 0 aromatic rings. The third-order valence-electron chi connectivity index (χ3n) is 2.84. The molecule has 1 amide bonds. The molecule has 1 unspecified atom stereocenters. The fourth-order valence-electron chi connectivity index (χ4n) is 1.71. The van der Waals surface area contributed by atoms with Gasteiger partial charge in [0.15, 0.2) is 9.84 Å². The number of aliphatic hydroxyl groups excluding tert-OH is 1. The molecule has 0 saturated carbocycles. The summed E-state index contributed by atoms with van der Waals surface area (Å²) in [5.74, 6) is -2.02. The van der Waals surface area contributed by atoms with Crippen LogP contribution in [0.4, 0.5) is 0 Å². The maximum Gasteiger partial charge on any atom is 0.326 e. The summed E-state index contributed by atoms with van der Waals surface area (Å²) < 4.78 is 22.5. The number of carbonyl (C=O) groups excluding carboxylic acids is 1. The van der Waals surface area contributed by atoms with Gasteiger partial charge in [0.05, 0.1) is 6.10 Å². The van der Waals surface area contributed by atoms with Crippen molar-refractivity contribution in [1.82, 2.24) is 4.90 Å². The van der Waals surface area contributed by atoms with Crippen molar-refractivity contribution in [1.29, 1.82) is 0 Å². The highest BCUT2D eigenvalue weighted by Gasteiger charge is 2.42. The zero-order chi connectivity index (χ0) is 13.4. The quantitative estimate of drug-likeness (QED) is 0.640. The summed E-state index contributed by atoms with van der Waals surface area (Å²) >= 11 is 0. The zero-order valence-electron chi connectivity index (χ0n) is 9.53. The third-order valence-corrected chi connectivity index (χ3v) is 4.32. The normalized spacial score (nSPS) is 26.9. The number of β-amino-alcohol motifs (C(OH)–C–C–N with tert-alkyl or cyclic N) is 1. The van der Waals surface area contributed by atoms with Crippen LogP contribution < -0.4 is 0 Å². The van der Waals surface area contributed by atoms with E-state index < -0.39 is 39.1 Å². The molecule has 1 aliphatic rings. The van der Waals surface area contributed by atoms with E-state index in [1.54, 1.807) is 0 Å². The van der Waals surface area contributed by atoms with E-state index >= 15 is 0 Å². The molecule has 0 spiro atoms. The smallest absolute Gasteiger partial charge is 0.326 e. The van der Waals surface area contributed by atoms with Gasteiger partial charge in [0.2, 0.25) is 5.91 Å². The van der Waals surface area contributed by atoms with Gasteiger partial charge in [-0.25, -0.2) is 13.2 Å². The molecular formula is C9H15NO6S. The van der Waals surface area contributed by atoms with Crippen LogP contribution in [-0.4, -0.2) is 65.6 Å². The number of carbonyl (C=O) groups is 2. The Morgan fingerprint density at radius 1 is 1.41 bits per heavy atom. The molecule has 8 heteroatoms. The third kappa shape index (κ3) is 2.95. The van der Waals surface area contributed by atoms with Gasteiger partial charge in [-0.05, 0) is 6.92 Å². The van der Waals surface area contributed by atoms with Crippen LogP contribution in [-0.2, 0) is 19.4 Å². The number of nitrogens with zero attached hydrogens (tertiary/aromatic N) is 1. The Morgan fingerprint density at radius 3 is 2.35 bits per heavy atom. The number of sulfone groups is 1. The molecule has 2 N–H and O–H groups in total. The molecule has 0 bridgehead atoms. The molecule has 98 valence electrons. The van der Waals surface area contributed by atoms with E-state index in [1.807, 2.05) is 0 Å². The van der Waals surface area contributed by atoms with Gasteiger partial charge >= 0.3 is 5.97 Å². The molecule has 17 heavy (non-hydrogen) atoms. The highest BCUT2D eigenvalue weighted by molar-refractivity contribution is 7.92. The van der Waals surface area contributed by atoms with Crippen LogP contribution in [0.3, 0.4) is 0 Å². The van der Waals surface area contributed by atoms with Crippen LogP contribution in [0.15, 0.2) is 0 Å². The monoisotopic (exact) mass is 265 g/mol. The number of aliphatic hydroxyl groups is 1. The van der Waals surface area contributed by atoms with Gasteiger partial charge in [0, 0.05) is 19.2 Å². The average molecular weight is 265 g/mol. The van der Waals surface area contributed by atoms with Crippen molar-refractivity contribution in [2.75, 3.05) is 12.8 Å². The van der Waals surface area contributed by atoms with E-state index in [2.05, 4.69) is 0 Å². The lowest BCUT2D eigenvalue weighted by atomic mass is 10.2. The van der Waals surface area contributed by atoms with E-state index in [0.717, 1.165) is 11.2 Å². The van der Waals surface area contributed by atoms with Gasteiger partial charge < -0.3 is 15.1 Å². The van der Waals surface area contributed by atoms with Gasteiger partial charge in [-0.15, -0.1) is 0 Å². The first-order valence-corrected chi connectivity index (χ1v) is 7.00. The number of hydrogen-bond acceptors (Lipinski definition) is 5. The Labute approximate surface area is 98.9 Å². The summed E-state index contributed by atoms with van der Waals surface area (Å²) in [4.78, 5) is 23.6. The Kier molecular flexibility index (Phi) is 3.78.